The van der Waals surface area contributed by atoms with Gasteiger partial charge in [-0.15, -0.1) is 10.0 Å². The number of aromatic nitrogens is 5. The van der Waals surface area contributed by atoms with Gasteiger partial charge in [0.2, 0.25) is 5.88 Å². The Bertz CT molecular complexity index is 2400. The summed E-state index contributed by atoms with van der Waals surface area (Å²) < 4.78 is 14.9. The van der Waals surface area contributed by atoms with E-state index in [0.29, 0.717) is 47.0 Å². The number of nitroso groups, excluding NO2 is 1. The lowest BCUT2D eigenvalue weighted by atomic mass is 10.1. The molecule has 0 atom stereocenters. The third kappa shape index (κ3) is 6.66. The molecular formula is C39H34N6O6. The van der Waals surface area contributed by atoms with Crippen LogP contribution in [0.15, 0.2) is 108 Å². The second-order valence-corrected chi connectivity index (χ2v) is 11.9. The standard InChI is InChI=1S/C39H34N6O6/c1-2-20-51-35-14-8-3-9-25(35)15-18-33(46)30-17-16-27(22-34(30)47)50-21-19-44-23-26(41-43-44)24-45-32-13-7-5-11-29(32)36(39(45)48)38-37(42-49)28-10-4-6-12-31(28)40-38/h3-18,22-23,40,47-48H,2,19-21,24H2,1H3/b18-15+. The number of hydrogen-bond acceptors (Lipinski definition) is 9. The summed E-state index contributed by atoms with van der Waals surface area (Å²) in [5.74, 6) is 0.505. The molecule has 12 heteroatoms. The molecule has 0 bridgehead atoms. The van der Waals surface area contributed by atoms with E-state index in [0.717, 1.165) is 28.4 Å². The van der Waals surface area contributed by atoms with E-state index in [-0.39, 0.29) is 41.8 Å². The van der Waals surface area contributed by atoms with Crippen LogP contribution in [0.2, 0.25) is 0 Å². The molecule has 0 aliphatic rings. The zero-order valence-corrected chi connectivity index (χ0v) is 27.7. The predicted molar refractivity (Wildman–Crippen MR) is 195 cm³/mol. The van der Waals surface area contributed by atoms with Crippen molar-refractivity contribution in [3.05, 3.63) is 125 Å². The number of nitrogens with one attached hydrogen (secondary N) is 1. The number of H-pyrrole nitrogens is 1. The fraction of sp³-hybridized carbons (Fsp3) is 0.154. The van der Waals surface area contributed by atoms with Crippen molar-refractivity contribution in [1.29, 1.82) is 0 Å². The number of carbonyl (C=O) groups is 1. The number of ketones is 1. The molecule has 51 heavy (non-hydrogen) atoms. The quantitative estimate of drug-likeness (QED) is 0.0592. The maximum absolute atomic E-state index is 12.9. The van der Waals surface area contributed by atoms with Crippen LogP contribution < -0.4 is 9.47 Å². The Morgan fingerprint density at radius 1 is 0.941 bits per heavy atom. The van der Waals surface area contributed by atoms with E-state index in [1.807, 2.05) is 79.7 Å². The number of hydrogen-bond donors (Lipinski definition) is 3. The van der Waals surface area contributed by atoms with Gasteiger partial charge in [-0.2, -0.15) is 0 Å². The van der Waals surface area contributed by atoms with Gasteiger partial charge >= 0.3 is 0 Å². The van der Waals surface area contributed by atoms with Crippen molar-refractivity contribution >= 4 is 39.4 Å². The minimum Gasteiger partial charge on any atom is -0.507 e. The van der Waals surface area contributed by atoms with Gasteiger partial charge < -0.3 is 29.2 Å². The third-order valence-corrected chi connectivity index (χ3v) is 8.49. The first-order chi connectivity index (χ1) is 24.9. The second-order valence-electron chi connectivity index (χ2n) is 11.9. The number of phenolic OH excluding ortho intramolecular Hbond substituents is 1. The molecule has 0 radical (unpaired) electrons. The van der Waals surface area contributed by atoms with E-state index in [1.165, 1.54) is 18.2 Å². The molecule has 3 heterocycles. The molecule has 0 amide bonds. The van der Waals surface area contributed by atoms with E-state index >= 15 is 0 Å². The van der Waals surface area contributed by atoms with Crippen molar-refractivity contribution in [3.8, 4) is 34.4 Å². The number of nitrogens with zero attached hydrogens (tertiary/aromatic N) is 5. The lowest BCUT2D eigenvalue weighted by Gasteiger charge is -2.09. The van der Waals surface area contributed by atoms with Gasteiger partial charge in [0.1, 0.15) is 35.2 Å². The van der Waals surface area contributed by atoms with E-state index in [4.69, 9.17) is 9.47 Å². The molecule has 0 saturated heterocycles. The van der Waals surface area contributed by atoms with Gasteiger partial charge in [0.25, 0.3) is 0 Å². The monoisotopic (exact) mass is 682 g/mol. The topological polar surface area (TPSA) is 157 Å². The van der Waals surface area contributed by atoms with E-state index in [2.05, 4.69) is 20.5 Å². The zero-order valence-electron chi connectivity index (χ0n) is 27.7. The molecule has 3 aromatic heterocycles. The molecule has 0 spiro atoms. The van der Waals surface area contributed by atoms with Crippen molar-refractivity contribution < 1.29 is 24.5 Å². The van der Waals surface area contributed by atoms with E-state index in [1.54, 1.807) is 27.6 Å². The summed E-state index contributed by atoms with van der Waals surface area (Å²) in [7, 11) is 0. The number of aromatic amines is 1. The Morgan fingerprint density at radius 2 is 1.73 bits per heavy atom. The number of benzene rings is 4. The average Bonchev–Trinajstić information content (AvgIpc) is 3.83. The molecule has 0 aliphatic heterocycles. The summed E-state index contributed by atoms with van der Waals surface area (Å²) in [6.07, 6.45) is 5.71. The highest BCUT2D eigenvalue weighted by Gasteiger charge is 2.24. The molecular weight excluding hydrogens is 648 g/mol. The number of rotatable bonds is 14. The molecule has 7 rings (SSSR count). The maximum Gasteiger partial charge on any atom is 0.202 e. The second kappa shape index (κ2) is 14.4. The SMILES string of the molecule is CCCOc1ccccc1/C=C/C(=O)c1ccc(OCCn2cc(Cn3c(O)c(-c4[nH]c5ccccc5c4N=O)c4ccccc43)nn2)cc1O. The first-order valence-corrected chi connectivity index (χ1v) is 16.5. The zero-order chi connectivity index (χ0) is 35.3. The summed E-state index contributed by atoms with van der Waals surface area (Å²) in [5, 5.41) is 35.4. The van der Waals surface area contributed by atoms with Crippen LogP contribution in [0, 0.1) is 4.91 Å². The Balaban J connectivity index is 1.01. The number of fused-ring (bicyclic) bond motifs is 2. The molecule has 4 aromatic carbocycles. The van der Waals surface area contributed by atoms with Crippen molar-refractivity contribution in [3.63, 3.8) is 0 Å². The lowest BCUT2D eigenvalue weighted by Crippen LogP contribution is -2.09. The molecule has 3 N–H and O–H groups in total. The van der Waals surface area contributed by atoms with Gasteiger partial charge in [-0.3, -0.25) is 4.79 Å². The van der Waals surface area contributed by atoms with Crippen molar-refractivity contribution in [1.82, 2.24) is 24.5 Å². The number of para-hydroxylation sites is 3. The normalized spacial score (nSPS) is 11.5. The third-order valence-electron chi connectivity index (χ3n) is 8.49. The first kappa shape index (κ1) is 32.8. The molecule has 0 unspecified atom stereocenters. The first-order valence-electron chi connectivity index (χ1n) is 16.5. The van der Waals surface area contributed by atoms with Crippen LogP contribution in [-0.2, 0) is 13.1 Å². The minimum atomic E-state index is -0.352. The van der Waals surface area contributed by atoms with Crippen LogP contribution in [0.5, 0.6) is 23.1 Å². The Kier molecular flexibility index (Phi) is 9.29. The number of aromatic hydroxyl groups is 2. The van der Waals surface area contributed by atoms with Gasteiger partial charge in [0.05, 0.1) is 48.2 Å². The summed E-state index contributed by atoms with van der Waals surface area (Å²) in [4.78, 5) is 28.1. The molecule has 7 aromatic rings. The van der Waals surface area contributed by atoms with Gasteiger partial charge in [0.15, 0.2) is 5.78 Å². The van der Waals surface area contributed by atoms with Crippen LogP contribution in [0.25, 0.3) is 39.1 Å². The molecule has 12 nitrogen and oxygen atoms in total. The van der Waals surface area contributed by atoms with E-state index < -0.39 is 0 Å². The van der Waals surface area contributed by atoms with Crippen LogP contribution in [0.1, 0.15) is 35.0 Å². The summed E-state index contributed by atoms with van der Waals surface area (Å²) in [6.45, 7) is 3.38. The van der Waals surface area contributed by atoms with E-state index in [9.17, 15) is 19.9 Å². The van der Waals surface area contributed by atoms with Gasteiger partial charge in [-0.05, 0) is 54.1 Å². The van der Waals surface area contributed by atoms with Crippen LogP contribution in [0.3, 0.4) is 0 Å². The highest BCUT2D eigenvalue weighted by molar-refractivity contribution is 6.09. The molecule has 0 aliphatic carbocycles. The summed E-state index contributed by atoms with van der Waals surface area (Å²) >= 11 is 0. The Hall–Kier alpha value is -6.69. The average molecular weight is 683 g/mol. The number of carbonyl (C=O) groups excluding carboxylic acids is 1. The number of allylic oxidation sites excluding steroid dienone is 1. The fourth-order valence-corrected chi connectivity index (χ4v) is 6.07. The minimum absolute atomic E-state index is 0.0337. The lowest BCUT2D eigenvalue weighted by molar-refractivity contribution is 0.104. The van der Waals surface area contributed by atoms with Crippen molar-refractivity contribution in [2.75, 3.05) is 13.2 Å². The van der Waals surface area contributed by atoms with Crippen LogP contribution in [-0.4, -0.2) is 53.8 Å². The number of ether oxygens (including phenoxy) is 2. The Morgan fingerprint density at radius 3 is 2.55 bits per heavy atom. The smallest absolute Gasteiger partial charge is 0.202 e. The Labute approximate surface area is 292 Å². The van der Waals surface area contributed by atoms with Gasteiger partial charge in [-0.25, -0.2) is 4.68 Å². The predicted octanol–water partition coefficient (Wildman–Crippen LogP) is 8.00. The van der Waals surface area contributed by atoms with Crippen molar-refractivity contribution in [2.24, 2.45) is 5.18 Å². The van der Waals surface area contributed by atoms with Gasteiger partial charge in [-0.1, -0.05) is 66.7 Å². The number of phenols is 1. The maximum atomic E-state index is 12.9. The molecule has 0 fully saturated rings. The van der Waals surface area contributed by atoms with Crippen molar-refractivity contribution in [2.45, 2.75) is 26.4 Å². The molecule has 0 saturated carbocycles. The highest BCUT2D eigenvalue weighted by atomic mass is 16.5. The molecule has 256 valence electrons. The summed E-state index contributed by atoms with van der Waals surface area (Å²) in [5.41, 5.74) is 4.16. The van der Waals surface area contributed by atoms with Crippen LogP contribution >= 0.6 is 0 Å². The fourth-order valence-electron chi connectivity index (χ4n) is 6.07. The summed E-state index contributed by atoms with van der Waals surface area (Å²) in [6, 6.07) is 26.9. The highest BCUT2D eigenvalue weighted by Crippen LogP contribution is 2.45. The largest absolute Gasteiger partial charge is 0.507 e. The van der Waals surface area contributed by atoms with Crippen LogP contribution in [0.4, 0.5) is 5.69 Å². The van der Waals surface area contributed by atoms with Gasteiger partial charge in [0, 0.05) is 27.9 Å².